The molecule has 29 heavy (non-hydrogen) atoms. The summed E-state index contributed by atoms with van der Waals surface area (Å²) in [5, 5.41) is 3.79. The van der Waals surface area contributed by atoms with E-state index in [1.165, 1.54) is 13.4 Å². The van der Waals surface area contributed by atoms with E-state index in [1.807, 2.05) is 26.0 Å². The molecule has 2 rings (SSSR count). The molecule has 0 aromatic heterocycles. The lowest BCUT2D eigenvalue weighted by molar-refractivity contribution is 0.304. The number of sulfone groups is 1. The molecule has 0 spiro atoms. The van der Waals surface area contributed by atoms with Crippen LogP contribution in [0.15, 0.2) is 35.2 Å². The van der Waals surface area contributed by atoms with Crippen molar-refractivity contribution in [2.45, 2.75) is 31.3 Å². The Morgan fingerprint density at radius 3 is 2.24 bits per heavy atom. The molecule has 1 N–H and O–H groups in total. The predicted molar refractivity (Wildman–Crippen MR) is 120 cm³/mol. The van der Waals surface area contributed by atoms with E-state index in [2.05, 4.69) is 5.32 Å². The number of rotatable bonds is 8. The lowest BCUT2D eigenvalue weighted by Crippen LogP contribution is -2.10. The molecule has 0 aliphatic carbocycles. The van der Waals surface area contributed by atoms with E-state index in [1.54, 1.807) is 38.6 Å². The second-order valence-corrected chi connectivity index (χ2v) is 12.9. The highest BCUT2D eigenvalue weighted by Gasteiger charge is 2.20. The molecule has 2 aromatic carbocycles. The molecule has 160 valence electrons. The van der Waals surface area contributed by atoms with Gasteiger partial charge in [0.25, 0.3) is 0 Å². The summed E-state index contributed by atoms with van der Waals surface area (Å²) in [6, 6.07) is 8.63. The Morgan fingerprint density at radius 1 is 1.10 bits per heavy atom. The highest BCUT2D eigenvalue weighted by molar-refractivity contribution is 7.90. The Morgan fingerprint density at radius 2 is 1.76 bits per heavy atom. The Labute approximate surface area is 173 Å². The van der Waals surface area contributed by atoms with Crippen LogP contribution in [0.2, 0.25) is 0 Å². The summed E-state index contributed by atoms with van der Waals surface area (Å²) in [4.78, 5) is 0.187. The van der Waals surface area contributed by atoms with Gasteiger partial charge in [-0.15, -0.1) is 0 Å². The van der Waals surface area contributed by atoms with Crippen molar-refractivity contribution in [3.05, 3.63) is 41.5 Å². The number of anilines is 1. The van der Waals surface area contributed by atoms with Crippen molar-refractivity contribution in [3.8, 4) is 11.5 Å². The number of hydrogen-bond donors (Lipinski definition) is 1. The molecule has 0 heterocycles. The van der Waals surface area contributed by atoms with Gasteiger partial charge >= 0.3 is 0 Å². The maximum Gasteiger partial charge on any atom is 0.175 e. The number of hydrogen-bond acceptors (Lipinski definition) is 6. The molecule has 0 bridgehead atoms. The van der Waals surface area contributed by atoms with Crippen molar-refractivity contribution < 1.29 is 22.5 Å². The first-order chi connectivity index (χ1) is 13.4. The summed E-state index contributed by atoms with van der Waals surface area (Å²) in [6.07, 6.45) is 1.17. The molecule has 2 aromatic rings. The van der Waals surface area contributed by atoms with Gasteiger partial charge < -0.3 is 19.4 Å². The third-order valence-electron chi connectivity index (χ3n) is 4.67. The minimum Gasteiger partial charge on any atom is -0.496 e. The number of benzene rings is 2. The van der Waals surface area contributed by atoms with Gasteiger partial charge in [0.1, 0.15) is 25.2 Å². The summed E-state index contributed by atoms with van der Waals surface area (Å²) < 4.78 is 48.3. The Hall–Kier alpha value is -1.98. The zero-order chi connectivity index (χ0) is 22.0. The summed E-state index contributed by atoms with van der Waals surface area (Å²) in [5.74, 6) is 1.20. The first kappa shape index (κ1) is 23.3. The molecule has 0 atom stereocenters. The second kappa shape index (κ2) is 8.80. The van der Waals surface area contributed by atoms with Crippen molar-refractivity contribution in [3.63, 3.8) is 0 Å². The standard InChI is InChI=1S/C21H30NO5PS/c1-14(2)21-15(10-17(29(7,24)25)12-20(21)26-4)13-27-19-11-16(28(5,6)23)8-9-18(19)22-3/h8-12,14,22H,13H2,1-7H3. The maximum atomic E-state index is 12.5. The van der Waals surface area contributed by atoms with Crippen LogP contribution in [0.25, 0.3) is 0 Å². The van der Waals surface area contributed by atoms with E-state index in [0.29, 0.717) is 11.5 Å². The third kappa shape index (κ3) is 5.55. The van der Waals surface area contributed by atoms with Gasteiger partial charge in [0.15, 0.2) is 9.84 Å². The fraction of sp³-hybridized carbons (Fsp3) is 0.429. The number of ether oxygens (including phenoxy) is 2. The lowest BCUT2D eigenvalue weighted by Gasteiger charge is -2.20. The van der Waals surface area contributed by atoms with Crippen LogP contribution >= 0.6 is 7.14 Å². The molecule has 0 unspecified atom stereocenters. The van der Waals surface area contributed by atoms with Gasteiger partial charge in [0.05, 0.1) is 17.7 Å². The molecular weight excluding hydrogens is 409 g/mol. The van der Waals surface area contributed by atoms with E-state index in [0.717, 1.165) is 22.1 Å². The quantitative estimate of drug-likeness (QED) is 0.624. The van der Waals surface area contributed by atoms with E-state index in [4.69, 9.17) is 9.47 Å². The van der Waals surface area contributed by atoms with E-state index < -0.39 is 17.0 Å². The zero-order valence-corrected chi connectivity index (χ0v) is 19.8. The Balaban J connectivity index is 2.53. The molecule has 0 aliphatic rings. The number of nitrogens with one attached hydrogen (secondary N) is 1. The molecule has 6 nitrogen and oxygen atoms in total. The highest BCUT2D eigenvalue weighted by Crippen LogP contribution is 2.38. The van der Waals surface area contributed by atoms with Gasteiger partial charge in [0, 0.05) is 24.2 Å². The van der Waals surface area contributed by atoms with Crippen molar-refractivity contribution in [1.82, 2.24) is 0 Å². The van der Waals surface area contributed by atoms with E-state index >= 15 is 0 Å². The lowest BCUT2D eigenvalue weighted by atomic mass is 9.96. The molecular formula is C21H30NO5PS. The van der Waals surface area contributed by atoms with E-state index in [9.17, 15) is 13.0 Å². The molecule has 0 fully saturated rings. The van der Waals surface area contributed by atoms with Gasteiger partial charge in [-0.1, -0.05) is 13.8 Å². The molecule has 0 saturated carbocycles. The minimum absolute atomic E-state index is 0.110. The Kier molecular flexibility index (Phi) is 7.07. The third-order valence-corrected chi connectivity index (χ3v) is 7.28. The SMILES string of the molecule is CNc1ccc(P(C)(C)=O)cc1OCc1cc(S(C)(=O)=O)cc(OC)c1C(C)C. The van der Waals surface area contributed by atoms with Crippen molar-refractivity contribution >= 4 is 28.0 Å². The average molecular weight is 440 g/mol. The largest absolute Gasteiger partial charge is 0.496 e. The number of methoxy groups -OCH3 is 1. The molecule has 0 aliphatic heterocycles. The van der Waals surface area contributed by atoms with Crippen LogP contribution in [-0.4, -0.2) is 42.2 Å². The summed E-state index contributed by atoms with van der Waals surface area (Å²) in [7, 11) is -2.54. The minimum atomic E-state index is -3.41. The first-order valence-corrected chi connectivity index (χ1v) is 13.8. The first-order valence-electron chi connectivity index (χ1n) is 9.29. The maximum absolute atomic E-state index is 12.5. The van der Waals surface area contributed by atoms with Gasteiger partial charge in [0.2, 0.25) is 0 Å². The van der Waals surface area contributed by atoms with Crippen LogP contribution in [0.5, 0.6) is 11.5 Å². The Bertz CT molecular complexity index is 1040. The molecule has 8 heteroatoms. The fourth-order valence-corrected chi connectivity index (χ4v) is 4.68. The molecule has 0 radical (unpaired) electrons. The summed E-state index contributed by atoms with van der Waals surface area (Å²) >= 11 is 0. The molecule has 0 saturated heterocycles. The van der Waals surface area contributed by atoms with Crippen LogP contribution in [0.3, 0.4) is 0 Å². The van der Waals surface area contributed by atoms with Crippen molar-refractivity contribution in [2.24, 2.45) is 0 Å². The summed E-state index contributed by atoms with van der Waals surface area (Å²) in [6.45, 7) is 7.62. The van der Waals surface area contributed by atoms with Crippen LogP contribution < -0.4 is 20.1 Å². The van der Waals surface area contributed by atoms with Crippen LogP contribution in [0.1, 0.15) is 30.9 Å². The van der Waals surface area contributed by atoms with Gasteiger partial charge in [-0.25, -0.2) is 8.42 Å². The van der Waals surface area contributed by atoms with Crippen LogP contribution in [0.4, 0.5) is 5.69 Å². The highest BCUT2D eigenvalue weighted by atomic mass is 32.2. The van der Waals surface area contributed by atoms with Gasteiger partial charge in [-0.05, 0) is 55.1 Å². The van der Waals surface area contributed by atoms with Crippen LogP contribution in [0, 0.1) is 0 Å². The second-order valence-electron chi connectivity index (χ2n) is 7.70. The van der Waals surface area contributed by atoms with Gasteiger partial charge in [-0.3, -0.25) is 0 Å². The van der Waals surface area contributed by atoms with Crippen molar-refractivity contribution in [2.75, 3.05) is 39.1 Å². The smallest absolute Gasteiger partial charge is 0.175 e. The fourth-order valence-electron chi connectivity index (χ4n) is 3.14. The van der Waals surface area contributed by atoms with Gasteiger partial charge in [-0.2, -0.15) is 0 Å². The average Bonchev–Trinajstić information content (AvgIpc) is 2.63. The zero-order valence-electron chi connectivity index (χ0n) is 18.1. The van der Waals surface area contributed by atoms with Crippen molar-refractivity contribution in [1.29, 1.82) is 0 Å². The molecule has 0 amide bonds. The normalized spacial score (nSPS) is 12.1. The van der Waals surface area contributed by atoms with E-state index in [-0.39, 0.29) is 17.4 Å². The summed E-state index contributed by atoms with van der Waals surface area (Å²) in [5.41, 5.74) is 2.40. The monoisotopic (exact) mass is 439 g/mol. The predicted octanol–water partition coefficient (Wildman–Crippen LogP) is 4.09. The van der Waals surface area contributed by atoms with Crippen LogP contribution in [-0.2, 0) is 21.0 Å². The topological polar surface area (TPSA) is 81.7 Å².